The standard InChI is InChI=1S/C13H14N4O3/c1-2-5-9(18)16-13-10(12(14)19)11(17-20-13)8-6-3-4-7-15-8/h3-4,6-7H,2,5H2,1H3,(H2,14,19)(H,16,18). The molecule has 0 aliphatic rings. The number of carbonyl (C=O) groups excluding carboxylic acids is 2. The van der Waals surface area contributed by atoms with Gasteiger partial charge in [-0.1, -0.05) is 18.1 Å². The predicted octanol–water partition coefficient (Wildman–Crippen LogP) is 1.57. The zero-order valence-corrected chi connectivity index (χ0v) is 10.9. The Morgan fingerprint density at radius 1 is 1.40 bits per heavy atom. The highest BCUT2D eigenvalue weighted by molar-refractivity contribution is 6.05. The fourth-order valence-electron chi connectivity index (χ4n) is 1.70. The van der Waals surface area contributed by atoms with E-state index in [4.69, 9.17) is 10.3 Å². The number of nitrogens with two attached hydrogens (primary N) is 1. The summed E-state index contributed by atoms with van der Waals surface area (Å²) >= 11 is 0. The third kappa shape index (κ3) is 2.82. The lowest BCUT2D eigenvalue weighted by molar-refractivity contribution is -0.116. The first-order chi connectivity index (χ1) is 9.63. The molecular formula is C13H14N4O3. The summed E-state index contributed by atoms with van der Waals surface area (Å²) in [6.45, 7) is 1.87. The fourth-order valence-corrected chi connectivity index (χ4v) is 1.70. The molecule has 3 N–H and O–H groups in total. The molecule has 0 spiro atoms. The van der Waals surface area contributed by atoms with Gasteiger partial charge in [-0.25, -0.2) is 0 Å². The molecule has 7 heteroatoms. The van der Waals surface area contributed by atoms with Crippen molar-refractivity contribution in [2.45, 2.75) is 19.8 Å². The summed E-state index contributed by atoms with van der Waals surface area (Å²) in [5, 5.41) is 6.25. The van der Waals surface area contributed by atoms with Gasteiger partial charge in [-0.2, -0.15) is 0 Å². The van der Waals surface area contributed by atoms with E-state index in [-0.39, 0.29) is 23.0 Å². The van der Waals surface area contributed by atoms with Crippen LogP contribution in [0.4, 0.5) is 5.88 Å². The number of amides is 2. The number of anilines is 1. The lowest BCUT2D eigenvalue weighted by atomic mass is 10.1. The molecular weight excluding hydrogens is 260 g/mol. The Morgan fingerprint density at radius 2 is 2.20 bits per heavy atom. The molecule has 0 saturated carbocycles. The van der Waals surface area contributed by atoms with Crippen molar-refractivity contribution in [1.82, 2.24) is 10.1 Å². The van der Waals surface area contributed by atoms with E-state index >= 15 is 0 Å². The van der Waals surface area contributed by atoms with E-state index in [9.17, 15) is 9.59 Å². The van der Waals surface area contributed by atoms with E-state index in [0.29, 0.717) is 18.5 Å². The number of hydrogen-bond acceptors (Lipinski definition) is 5. The van der Waals surface area contributed by atoms with Gasteiger partial charge in [-0.15, -0.1) is 0 Å². The van der Waals surface area contributed by atoms with Crippen LogP contribution in [0.3, 0.4) is 0 Å². The number of nitrogens with zero attached hydrogens (tertiary/aromatic N) is 2. The van der Waals surface area contributed by atoms with Crippen molar-refractivity contribution in [2.24, 2.45) is 5.73 Å². The van der Waals surface area contributed by atoms with Crippen LogP contribution in [0.15, 0.2) is 28.9 Å². The van der Waals surface area contributed by atoms with Gasteiger partial charge < -0.3 is 10.3 Å². The minimum atomic E-state index is -0.737. The van der Waals surface area contributed by atoms with Crippen LogP contribution in [-0.4, -0.2) is 22.0 Å². The van der Waals surface area contributed by atoms with Crippen molar-refractivity contribution in [3.05, 3.63) is 30.0 Å². The summed E-state index contributed by atoms with van der Waals surface area (Å²) in [4.78, 5) is 27.2. The first-order valence-electron chi connectivity index (χ1n) is 6.14. The van der Waals surface area contributed by atoms with Crippen molar-refractivity contribution in [3.63, 3.8) is 0 Å². The maximum atomic E-state index is 11.6. The Labute approximate surface area is 115 Å². The van der Waals surface area contributed by atoms with E-state index in [1.165, 1.54) is 0 Å². The van der Waals surface area contributed by atoms with Crippen molar-refractivity contribution in [1.29, 1.82) is 0 Å². The van der Waals surface area contributed by atoms with Crippen LogP contribution in [0.1, 0.15) is 30.1 Å². The van der Waals surface area contributed by atoms with Gasteiger partial charge in [-0.05, 0) is 18.6 Å². The molecule has 0 unspecified atom stereocenters. The quantitative estimate of drug-likeness (QED) is 0.859. The average Bonchev–Trinajstić information content (AvgIpc) is 2.83. The second-order valence-corrected chi connectivity index (χ2v) is 4.11. The van der Waals surface area contributed by atoms with Gasteiger partial charge in [0.1, 0.15) is 11.3 Å². The molecule has 0 atom stereocenters. The summed E-state index contributed by atoms with van der Waals surface area (Å²) in [5.74, 6) is -1.05. The van der Waals surface area contributed by atoms with Gasteiger partial charge in [0.05, 0.1) is 5.69 Å². The minimum Gasteiger partial charge on any atom is -0.365 e. The molecule has 104 valence electrons. The van der Waals surface area contributed by atoms with Gasteiger partial charge in [-0.3, -0.25) is 19.9 Å². The van der Waals surface area contributed by atoms with E-state index in [0.717, 1.165) is 0 Å². The highest BCUT2D eigenvalue weighted by Gasteiger charge is 2.24. The zero-order chi connectivity index (χ0) is 14.5. The molecule has 0 aliphatic carbocycles. The SMILES string of the molecule is CCCC(=O)Nc1onc(-c2ccccn2)c1C(N)=O. The molecule has 2 aromatic rings. The van der Waals surface area contributed by atoms with E-state index in [1.807, 2.05) is 6.92 Å². The van der Waals surface area contributed by atoms with Crippen molar-refractivity contribution in [3.8, 4) is 11.4 Å². The zero-order valence-electron chi connectivity index (χ0n) is 10.9. The lowest BCUT2D eigenvalue weighted by Gasteiger charge is -2.01. The van der Waals surface area contributed by atoms with Crippen LogP contribution in [0, 0.1) is 0 Å². The molecule has 20 heavy (non-hydrogen) atoms. The normalized spacial score (nSPS) is 10.2. The van der Waals surface area contributed by atoms with Gasteiger partial charge in [0.2, 0.25) is 11.8 Å². The Hall–Kier alpha value is -2.70. The van der Waals surface area contributed by atoms with E-state index in [1.54, 1.807) is 24.4 Å². The molecule has 7 nitrogen and oxygen atoms in total. The Kier molecular flexibility index (Phi) is 4.09. The topological polar surface area (TPSA) is 111 Å². The number of rotatable bonds is 5. The van der Waals surface area contributed by atoms with Gasteiger partial charge >= 0.3 is 0 Å². The molecule has 2 rings (SSSR count). The third-order valence-corrected chi connectivity index (χ3v) is 2.58. The van der Waals surface area contributed by atoms with Crippen LogP contribution >= 0.6 is 0 Å². The van der Waals surface area contributed by atoms with Crippen LogP contribution in [0.2, 0.25) is 0 Å². The van der Waals surface area contributed by atoms with Gasteiger partial charge in [0.15, 0.2) is 0 Å². The third-order valence-electron chi connectivity index (χ3n) is 2.58. The first kappa shape index (κ1) is 13.7. The van der Waals surface area contributed by atoms with Crippen molar-refractivity contribution < 1.29 is 14.1 Å². The highest BCUT2D eigenvalue weighted by Crippen LogP contribution is 2.27. The van der Waals surface area contributed by atoms with Gasteiger partial charge in [0.25, 0.3) is 5.91 Å². The monoisotopic (exact) mass is 274 g/mol. The maximum absolute atomic E-state index is 11.6. The molecule has 0 radical (unpaired) electrons. The maximum Gasteiger partial charge on any atom is 0.256 e. The largest absolute Gasteiger partial charge is 0.365 e. The molecule has 0 aliphatic heterocycles. The molecule has 2 amide bonds. The highest BCUT2D eigenvalue weighted by atomic mass is 16.5. The van der Waals surface area contributed by atoms with Gasteiger partial charge in [0, 0.05) is 12.6 Å². The van der Waals surface area contributed by atoms with Crippen molar-refractivity contribution >= 4 is 17.7 Å². The summed E-state index contributed by atoms with van der Waals surface area (Å²) in [7, 11) is 0. The molecule has 0 fully saturated rings. The van der Waals surface area contributed by atoms with Crippen LogP contribution < -0.4 is 11.1 Å². The first-order valence-corrected chi connectivity index (χ1v) is 6.14. The van der Waals surface area contributed by atoms with Crippen LogP contribution in [0.5, 0.6) is 0 Å². The number of carbonyl (C=O) groups is 2. The number of primary amides is 1. The predicted molar refractivity (Wildman–Crippen MR) is 71.8 cm³/mol. The number of nitrogens with one attached hydrogen (secondary N) is 1. The molecule has 2 heterocycles. The summed E-state index contributed by atoms with van der Waals surface area (Å²) < 4.78 is 5.01. The van der Waals surface area contributed by atoms with E-state index < -0.39 is 5.91 Å². The smallest absolute Gasteiger partial charge is 0.256 e. The van der Waals surface area contributed by atoms with Crippen LogP contribution in [0.25, 0.3) is 11.4 Å². The van der Waals surface area contributed by atoms with Crippen molar-refractivity contribution in [2.75, 3.05) is 5.32 Å². The Balaban J connectivity index is 2.38. The molecule has 2 aromatic heterocycles. The second-order valence-electron chi connectivity index (χ2n) is 4.11. The average molecular weight is 274 g/mol. The summed E-state index contributed by atoms with van der Waals surface area (Å²) in [5.41, 5.74) is 6.01. The molecule has 0 saturated heterocycles. The second kappa shape index (κ2) is 5.96. The number of aromatic nitrogens is 2. The lowest BCUT2D eigenvalue weighted by Crippen LogP contribution is -2.17. The summed E-state index contributed by atoms with van der Waals surface area (Å²) in [6, 6.07) is 5.15. The van der Waals surface area contributed by atoms with Crippen LogP contribution in [-0.2, 0) is 4.79 Å². The number of pyridine rings is 1. The Morgan fingerprint density at radius 3 is 2.80 bits per heavy atom. The molecule has 0 aromatic carbocycles. The fraction of sp³-hybridized carbons (Fsp3) is 0.231. The molecule has 0 bridgehead atoms. The van der Waals surface area contributed by atoms with E-state index in [2.05, 4.69) is 15.5 Å². The number of hydrogen-bond donors (Lipinski definition) is 2. The minimum absolute atomic E-state index is 0.0214. The Bertz CT molecular complexity index is 622. The summed E-state index contributed by atoms with van der Waals surface area (Å²) in [6.07, 6.45) is 2.56.